The molecule has 0 saturated carbocycles. The molecular weight excluding hydrogens is 356 g/mol. The number of unbranched alkanes of at least 4 members (excludes halogenated alkanes) is 8. The maximum atomic E-state index is 10.9. The van der Waals surface area contributed by atoms with Gasteiger partial charge in [-0.3, -0.25) is 4.79 Å². The minimum Gasteiger partial charge on any atom is -0.493 e. The number of rotatable bonds is 13. The lowest BCUT2D eigenvalue weighted by molar-refractivity contribution is 0.112. The van der Waals surface area contributed by atoms with E-state index in [1.807, 2.05) is 0 Å². The van der Waals surface area contributed by atoms with Gasteiger partial charge in [-0.2, -0.15) is 0 Å². The van der Waals surface area contributed by atoms with E-state index >= 15 is 0 Å². The molecule has 1 rings (SSSR count). The van der Waals surface area contributed by atoms with Crippen molar-refractivity contribution < 1.29 is 14.3 Å². The van der Waals surface area contributed by atoms with E-state index in [0.717, 1.165) is 17.2 Å². The Hall–Kier alpha value is -1.03. The summed E-state index contributed by atoms with van der Waals surface area (Å²) in [5.41, 5.74) is 0.573. The van der Waals surface area contributed by atoms with E-state index in [9.17, 15) is 4.79 Å². The third kappa shape index (κ3) is 7.87. The van der Waals surface area contributed by atoms with Crippen LogP contribution < -0.4 is 9.47 Å². The Kier molecular flexibility index (Phi) is 10.8. The van der Waals surface area contributed by atoms with Crippen LogP contribution in [0.4, 0.5) is 0 Å². The van der Waals surface area contributed by atoms with Gasteiger partial charge in [-0.15, -0.1) is 0 Å². The minimum atomic E-state index is 0.573. The van der Waals surface area contributed by atoms with Crippen molar-refractivity contribution in [3.8, 4) is 11.5 Å². The van der Waals surface area contributed by atoms with Crippen LogP contribution in [0, 0.1) is 0 Å². The molecule has 3 nitrogen and oxygen atoms in total. The number of methoxy groups -OCH3 is 1. The predicted octanol–water partition coefficient (Wildman–Crippen LogP) is 6.18. The number of aldehydes is 1. The molecule has 0 aromatic heterocycles. The van der Waals surface area contributed by atoms with Crippen LogP contribution in [0.15, 0.2) is 16.6 Å². The van der Waals surface area contributed by atoms with E-state index < -0.39 is 0 Å². The van der Waals surface area contributed by atoms with Gasteiger partial charge in [0.05, 0.1) is 18.2 Å². The van der Waals surface area contributed by atoms with Gasteiger partial charge in [-0.05, 0) is 34.5 Å². The number of halogens is 1. The van der Waals surface area contributed by atoms with Crippen molar-refractivity contribution in [1.82, 2.24) is 0 Å². The van der Waals surface area contributed by atoms with Gasteiger partial charge in [-0.25, -0.2) is 0 Å². The molecule has 0 atom stereocenters. The zero-order valence-corrected chi connectivity index (χ0v) is 16.0. The van der Waals surface area contributed by atoms with Crippen LogP contribution in [-0.4, -0.2) is 20.0 Å². The van der Waals surface area contributed by atoms with Crippen molar-refractivity contribution in [2.45, 2.75) is 64.7 Å². The van der Waals surface area contributed by atoms with Crippen molar-refractivity contribution >= 4 is 22.2 Å². The molecule has 0 aliphatic carbocycles. The average Bonchev–Trinajstić information content (AvgIpc) is 2.57. The molecule has 0 N–H and O–H groups in total. The molecular formula is C19H29BrO3. The van der Waals surface area contributed by atoms with Crippen LogP contribution in [0.3, 0.4) is 0 Å². The monoisotopic (exact) mass is 384 g/mol. The molecule has 130 valence electrons. The summed E-state index contributed by atoms with van der Waals surface area (Å²) in [7, 11) is 1.59. The Morgan fingerprint density at radius 3 is 2.17 bits per heavy atom. The topological polar surface area (TPSA) is 35.5 Å². The van der Waals surface area contributed by atoms with E-state index in [1.165, 1.54) is 51.4 Å². The Bertz CT molecular complexity index is 460. The standard InChI is InChI=1S/C19H29BrO3/c1-3-4-5-6-7-8-9-10-11-12-23-19-17(20)13-16(15-21)14-18(19)22-2/h13-15H,3-12H2,1-2H3. The maximum absolute atomic E-state index is 10.9. The summed E-state index contributed by atoms with van der Waals surface area (Å²) in [6, 6.07) is 3.45. The van der Waals surface area contributed by atoms with E-state index in [2.05, 4.69) is 22.9 Å². The first-order valence-electron chi connectivity index (χ1n) is 8.68. The average molecular weight is 385 g/mol. The molecule has 0 saturated heterocycles. The highest BCUT2D eigenvalue weighted by molar-refractivity contribution is 9.10. The maximum Gasteiger partial charge on any atom is 0.175 e. The fourth-order valence-corrected chi connectivity index (χ4v) is 3.11. The first-order chi connectivity index (χ1) is 11.2. The summed E-state index contributed by atoms with van der Waals surface area (Å²) < 4.78 is 11.9. The lowest BCUT2D eigenvalue weighted by Gasteiger charge is -2.13. The molecule has 0 radical (unpaired) electrons. The highest BCUT2D eigenvalue weighted by atomic mass is 79.9. The van der Waals surface area contributed by atoms with Gasteiger partial charge in [0, 0.05) is 5.56 Å². The summed E-state index contributed by atoms with van der Waals surface area (Å²) in [5.74, 6) is 1.27. The van der Waals surface area contributed by atoms with Gasteiger partial charge < -0.3 is 9.47 Å². The quantitative estimate of drug-likeness (QED) is 0.300. The van der Waals surface area contributed by atoms with Gasteiger partial charge in [0.25, 0.3) is 0 Å². The predicted molar refractivity (Wildman–Crippen MR) is 98.8 cm³/mol. The number of ether oxygens (including phenoxy) is 2. The zero-order chi connectivity index (χ0) is 16.9. The lowest BCUT2D eigenvalue weighted by Crippen LogP contribution is -2.01. The number of carbonyl (C=O) groups excluding carboxylic acids is 1. The molecule has 1 aromatic carbocycles. The lowest BCUT2D eigenvalue weighted by atomic mass is 10.1. The van der Waals surface area contributed by atoms with Crippen molar-refractivity contribution in [3.05, 3.63) is 22.2 Å². The van der Waals surface area contributed by atoms with E-state index in [1.54, 1.807) is 19.2 Å². The summed E-state index contributed by atoms with van der Waals surface area (Å²) in [4.78, 5) is 10.9. The Balaban J connectivity index is 2.22. The second kappa shape index (κ2) is 12.4. The van der Waals surface area contributed by atoms with Crippen LogP contribution >= 0.6 is 15.9 Å². The fraction of sp³-hybridized carbons (Fsp3) is 0.632. The number of benzene rings is 1. The summed E-state index contributed by atoms with van der Waals surface area (Å²) in [5, 5.41) is 0. The molecule has 0 aliphatic heterocycles. The summed E-state index contributed by atoms with van der Waals surface area (Å²) >= 11 is 3.44. The third-order valence-electron chi connectivity index (χ3n) is 3.88. The van der Waals surface area contributed by atoms with Crippen molar-refractivity contribution in [1.29, 1.82) is 0 Å². The fourth-order valence-electron chi connectivity index (χ4n) is 2.53. The Morgan fingerprint density at radius 2 is 1.61 bits per heavy atom. The highest BCUT2D eigenvalue weighted by Gasteiger charge is 2.11. The molecule has 4 heteroatoms. The van der Waals surface area contributed by atoms with Crippen LogP contribution in [0.2, 0.25) is 0 Å². The number of hydrogen-bond acceptors (Lipinski definition) is 3. The first-order valence-corrected chi connectivity index (χ1v) is 9.47. The molecule has 23 heavy (non-hydrogen) atoms. The van der Waals surface area contributed by atoms with Crippen molar-refractivity contribution in [2.24, 2.45) is 0 Å². The minimum absolute atomic E-state index is 0.573. The van der Waals surface area contributed by atoms with Gasteiger partial charge >= 0.3 is 0 Å². The van der Waals surface area contributed by atoms with Gasteiger partial charge in [0.1, 0.15) is 6.29 Å². The second-order valence-electron chi connectivity index (χ2n) is 5.83. The number of carbonyl (C=O) groups is 1. The summed E-state index contributed by atoms with van der Waals surface area (Å²) in [6.45, 7) is 2.92. The Labute approximate surface area is 148 Å². The smallest absolute Gasteiger partial charge is 0.175 e. The highest BCUT2D eigenvalue weighted by Crippen LogP contribution is 2.36. The first kappa shape index (κ1) is 20.0. The van der Waals surface area contributed by atoms with Gasteiger partial charge in [0.15, 0.2) is 11.5 Å². The summed E-state index contributed by atoms with van der Waals surface area (Å²) in [6.07, 6.45) is 12.4. The van der Waals surface area contributed by atoms with Gasteiger partial charge in [-0.1, -0.05) is 58.3 Å². The molecule has 0 bridgehead atoms. The molecule has 0 spiro atoms. The van der Waals surface area contributed by atoms with E-state index in [4.69, 9.17) is 9.47 Å². The van der Waals surface area contributed by atoms with Crippen molar-refractivity contribution in [3.63, 3.8) is 0 Å². The van der Waals surface area contributed by atoms with Gasteiger partial charge in [0.2, 0.25) is 0 Å². The Morgan fingerprint density at radius 1 is 1.00 bits per heavy atom. The normalized spacial score (nSPS) is 10.6. The molecule has 0 fully saturated rings. The molecule has 0 aliphatic rings. The molecule has 0 unspecified atom stereocenters. The van der Waals surface area contributed by atoms with Crippen LogP contribution in [0.5, 0.6) is 11.5 Å². The van der Waals surface area contributed by atoms with Crippen LogP contribution in [0.25, 0.3) is 0 Å². The third-order valence-corrected chi connectivity index (χ3v) is 4.47. The largest absolute Gasteiger partial charge is 0.493 e. The number of hydrogen-bond donors (Lipinski definition) is 0. The second-order valence-corrected chi connectivity index (χ2v) is 6.68. The van der Waals surface area contributed by atoms with Crippen LogP contribution in [0.1, 0.15) is 75.1 Å². The molecule has 0 heterocycles. The molecule has 0 amide bonds. The van der Waals surface area contributed by atoms with E-state index in [-0.39, 0.29) is 0 Å². The van der Waals surface area contributed by atoms with E-state index in [0.29, 0.717) is 23.7 Å². The van der Waals surface area contributed by atoms with Crippen LogP contribution in [-0.2, 0) is 0 Å². The SMILES string of the molecule is CCCCCCCCCCCOc1c(Br)cc(C=O)cc1OC. The molecule has 1 aromatic rings. The zero-order valence-electron chi connectivity index (χ0n) is 14.4. The van der Waals surface area contributed by atoms with Crippen molar-refractivity contribution in [2.75, 3.05) is 13.7 Å².